The van der Waals surface area contributed by atoms with Crippen molar-refractivity contribution >= 4 is 21.6 Å². The Hall–Kier alpha value is -2.66. The molecule has 0 aromatic heterocycles. The number of hydrazine groups is 1. The number of anilines is 1. The number of rotatable bonds is 7. The van der Waals surface area contributed by atoms with E-state index in [1.165, 1.54) is 37.4 Å². The third-order valence-corrected chi connectivity index (χ3v) is 6.79. The Morgan fingerprint density at radius 1 is 1.19 bits per heavy atom. The van der Waals surface area contributed by atoms with Crippen molar-refractivity contribution in [3.8, 4) is 11.5 Å². The maximum atomic E-state index is 13.4. The quantitative estimate of drug-likeness (QED) is 0.484. The van der Waals surface area contributed by atoms with E-state index < -0.39 is 15.9 Å². The Morgan fingerprint density at radius 3 is 2.45 bits per heavy atom. The van der Waals surface area contributed by atoms with E-state index in [2.05, 4.69) is 9.73 Å². The van der Waals surface area contributed by atoms with Crippen molar-refractivity contribution in [1.82, 2.24) is 9.73 Å². The molecule has 0 radical (unpaired) electrons. The van der Waals surface area contributed by atoms with Gasteiger partial charge in [0, 0.05) is 19.2 Å². The molecule has 0 saturated carbocycles. The SMILES string of the molecule is COc1ccc(O)cc1N(NS(=O)(=O)c1ccccc1)C(=O)C[N+]1(C)CCN(C)CC1. The number of methoxy groups -OCH3 is 1. The molecule has 0 spiro atoms. The van der Waals surface area contributed by atoms with Crippen LogP contribution in [0.4, 0.5) is 5.69 Å². The van der Waals surface area contributed by atoms with Crippen LogP contribution in [0.1, 0.15) is 0 Å². The fourth-order valence-corrected chi connectivity index (χ4v) is 4.52. The van der Waals surface area contributed by atoms with Gasteiger partial charge in [0.15, 0.2) is 6.54 Å². The lowest BCUT2D eigenvalue weighted by molar-refractivity contribution is -0.905. The summed E-state index contributed by atoms with van der Waals surface area (Å²) in [5, 5.41) is 11.0. The molecule has 3 rings (SSSR count). The number of sulfonamides is 1. The Kier molecular flexibility index (Phi) is 6.85. The van der Waals surface area contributed by atoms with E-state index in [0.29, 0.717) is 4.48 Å². The minimum Gasteiger partial charge on any atom is -0.508 e. The maximum Gasteiger partial charge on any atom is 0.297 e. The fraction of sp³-hybridized carbons (Fsp3) is 0.381. The van der Waals surface area contributed by atoms with Crippen molar-refractivity contribution in [2.45, 2.75) is 4.90 Å². The molecule has 10 heteroatoms. The van der Waals surface area contributed by atoms with Crippen LogP contribution in [0.2, 0.25) is 0 Å². The number of amides is 1. The van der Waals surface area contributed by atoms with Crippen LogP contribution in [-0.2, 0) is 14.8 Å². The minimum atomic E-state index is -4.06. The minimum absolute atomic E-state index is 0.0203. The highest BCUT2D eigenvalue weighted by Gasteiger charge is 2.35. The number of nitrogens with zero attached hydrogens (tertiary/aromatic N) is 3. The molecule has 2 aromatic rings. The summed E-state index contributed by atoms with van der Waals surface area (Å²) in [4.78, 5) is 18.0. The molecule has 1 aliphatic heterocycles. The van der Waals surface area contributed by atoms with Crippen molar-refractivity contribution in [3.05, 3.63) is 48.5 Å². The molecule has 0 bridgehead atoms. The highest BCUT2D eigenvalue weighted by molar-refractivity contribution is 7.89. The summed E-state index contributed by atoms with van der Waals surface area (Å²) in [6.07, 6.45) is 0. The van der Waals surface area contributed by atoms with Gasteiger partial charge in [-0.3, -0.25) is 9.69 Å². The number of ether oxygens (including phenoxy) is 1. The van der Waals surface area contributed by atoms with E-state index in [9.17, 15) is 18.3 Å². The second-order valence-corrected chi connectivity index (χ2v) is 9.68. The van der Waals surface area contributed by atoms with Crippen LogP contribution in [0.25, 0.3) is 0 Å². The van der Waals surface area contributed by atoms with Gasteiger partial charge in [-0.25, -0.2) is 13.4 Å². The average Bonchev–Trinajstić information content (AvgIpc) is 2.75. The van der Waals surface area contributed by atoms with Crippen molar-refractivity contribution in [2.24, 2.45) is 0 Å². The lowest BCUT2D eigenvalue weighted by Gasteiger charge is -2.41. The zero-order valence-corrected chi connectivity index (χ0v) is 18.8. The molecule has 31 heavy (non-hydrogen) atoms. The highest BCUT2D eigenvalue weighted by atomic mass is 32.2. The third kappa shape index (κ3) is 5.53. The molecular formula is C21H29N4O5S+. The molecule has 9 nitrogen and oxygen atoms in total. The summed E-state index contributed by atoms with van der Waals surface area (Å²) < 4.78 is 31.8. The van der Waals surface area contributed by atoms with Crippen LogP contribution in [0, 0.1) is 0 Å². The summed E-state index contributed by atoms with van der Waals surface area (Å²) in [6.45, 7) is 3.30. The van der Waals surface area contributed by atoms with E-state index in [4.69, 9.17) is 4.74 Å². The molecule has 2 N–H and O–H groups in total. The van der Waals surface area contributed by atoms with E-state index in [1.807, 2.05) is 14.1 Å². The smallest absolute Gasteiger partial charge is 0.297 e. The molecule has 0 unspecified atom stereocenters. The molecule has 0 atom stereocenters. The lowest BCUT2D eigenvalue weighted by atomic mass is 10.2. The van der Waals surface area contributed by atoms with E-state index in [1.54, 1.807) is 18.2 Å². The topological polar surface area (TPSA) is 99.2 Å². The van der Waals surface area contributed by atoms with Crippen LogP contribution in [-0.4, -0.2) is 82.7 Å². The second kappa shape index (κ2) is 9.23. The van der Waals surface area contributed by atoms with E-state index >= 15 is 0 Å². The molecule has 1 heterocycles. The number of quaternary nitrogens is 1. The standard InChI is InChI=1S/C21H28N4O5S/c1-23-11-13-25(2,14-12-23)16-21(27)24(19-15-17(26)9-10-20(19)30-3)22-31(28,29)18-7-5-4-6-8-18/h4-10,15,22H,11-14,16H2,1-3H3/p+1. The number of hydrogen-bond acceptors (Lipinski definition) is 6. The highest BCUT2D eigenvalue weighted by Crippen LogP contribution is 2.32. The van der Waals surface area contributed by atoms with Crippen LogP contribution in [0.15, 0.2) is 53.4 Å². The first-order valence-electron chi connectivity index (χ1n) is 9.93. The predicted octanol–water partition coefficient (Wildman–Crippen LogP) is 1.02. The van der Waals surface area contributed by atoms with Gasteiger partial charge in [0.05, 0.1) is 32.1 Å². The van der Waals surface area contributed by atoms with Crippen molar-refractivity contribution in [3.63, 3.8) is 0 Å². The van der Waals surface area contributed by atoms with Crippen LogP contribution in [0.3, 0.4) is 0 Å². The number of hydrogen-bond donors (Lipinski definition) is 2. The van der Waals surface area contributed by atoms with Gasteiger partial charge in [-0.2, -0.15) is 0 Å². The van der Waals surface area contributed by atoms with Gasteiger partial charge in [0.2, 0.25) is 0 Å². The normalized spacial score (nSPS) is 16.6. The van der Waals surface area contributed by atoms with Gasteiger partial charge < -0.3 is 14.3 Å². The number of carbonyl (C=O) groups is 1. The van der Waals surface area contributed by atoms with Gasteiger partial charge in [-0.1, -0.05) is 18.2 Å². The Labute approximate surface area is 183 Å². The molecule has 1 saturated heterocycles. The van der Waals surface area contributed by atoms with Crippen molar-refractivity contribution < 1.29 is 27.5 Å². The molecule has 1 fully saturated rings. The number of carbonyl (C=O) groups excluding carboxylic acids is 1. The van der Waals surface area contributed by atoms with Crippen LogP contribution < -0.4 is 14.6 Å². The Balaban J connectivity index is 1.97. The summed E-state index contributed by atoms with van der Waals surface area (Å²) >= 11 is 0. The Morgan fingerprint density at radius 2 is 1.84 bits per heavy atom. The summed E-state index contributed by atoms with van der Waals surface area (Å²) in [5.41, 5.74) is 0.118. The first-order chi connectivity index (χ1) is 14.6. The summed E-state index contributed by atoms with van der Waals surface area (Å²) in [5.74, 6) is -0.314. The molecule has 1 amide bonds. The molecule has 1 aliphatic rings. The fourth-order valence-electron chi connectivity index (χ4n) is 3.46. The second-order valence-electron chi connectivity index (χ2n) is 8.02. The maximum absolute atomic E-state index is 13.4. The molecule has 168 valence electrons. The first-order valence-corrected chi connectivity index (χ1v) is 11.4. The summed E-state index contributed by atoms with van der Waals surface area (Å²) in [7, 11) is 1.37. The van der Waals surface area contributed by atoms with E-state index in [-0.39, 0.29) is 28.6 Å². The molecule has 0 aliphatic carbocycles. The average molecular weight is 450 g/mol. The number of piperazine rings is 1. The van der Waals surface area contributed by atoms with Crippen LogP contribution >= 0.6 is 0 Å². The zero-order chi connectivity index (χ0) is 22.6. The molecule has 2 aromatic carbocycles. The third-order valence-electron chi connectivity index (χ3n) is 5.48. The van der Waals surface area contributed by atoms with Crippen molar-refractivity contribution in [1.29, 1.82) is 0 Å². The number of nitrogens with one attached hydrogen (secondary N) is 1. The monoisotopic (exact) mass is 449 g/mol. The van der Waals surface area contributed by atoms with Gasteiger partial charge >= 0.3 is 0 Å². The number of phenolic OH excluding ortho intramolecular Hbond substituents is 1. The van der Waals surface area contributed by atoms with Gasteiger partial charge in [-0.15, -0.1) is 4.83 Å². The number of benzene rings is 2. The Bertz CT molecular complexity index is 1020. The molecular weight excluding hydrogens is 420 g/mol. The largest absolute Gasteiger partial charge is 0.508 e. The van der Waals surface area contributed by atoms with Gasteiger partial charge in [-0.05, 0) is 31.3 Å². The van der Waals surface area contributed by atoms with Crippen LogP contribution in [0.5, 0.6) is 11.5 Å². The number of phenols is 1. The van der Waals surface area contributed by atoms with Gasteiger partial charge in [0.25, 0.3) is 15.9 Å². The lowest BCUT2D eigenvalue weighted by Crippen LogP contribution is -2.61. The number of likely N-dealkylation sites (N-methyl/N-ethyl adjacent to an activating group) is 2. The van der Waals surface area contributed by atoms with E-state index in [0.717, 1.165) is 31.2 Å². The zero-order valence-electron chi connectivity index (χ0n) is 18.0. The van der Waals surface area contributed by atoms with Crippen molar-refractivity contribution in [2.75, 3.05) is 58.9 Å². The van der Waals surface area contributed by atoms with Gasteiger partial charge in [0.1, 0.15) is 17.2 Å². The summed E-state index contributed by atoms with van der Waals surface area (Å²) in [6, 6.07) is 12.0. The number of aromatic hydroxyl groups is 1. The predicted molar refractivity (Wildman–Crippen MR) is 117 cm³/mol. The first kappa shape index (κ1) is 23.0.